The highest BCUT2D eigenvalue weighted by molar-refractivity contribution is 6.30. The van der Waals surface area contributed by atoms with E-state index in [1.165, 1.54) is 26.1 Å². The zero-order valence-corrected chi connectivity index (χ0v) is 11.4. The largest absolute Gasteiger partial charge is 0.510 e. The first-order valence-electron chi connectivity index (χ1n) is 5.34. The van der Waals surface area contributed by atoms with Crippen molar-refractivity contribution in [1.29, 1.82) is 0 Å². The van der Waals surface area contributed by atoms with Crippen molar-refractivity contribution in [2.24, 2.45) is 10.2 Å². The van der Waals surface area contributed by atoms with Crippen LogP contribution in [-0.4, -0.2) is 23.0 Å². The molecule has 0 aliphatic rings. The van der Waals surface area contributed by atoms with Gasteiger partial charge in [-0.15, -0.1) is 10.2 Å². The minimum Gasteiger partial charge on any atom is -0.510 e. The zero-order valence-electron chi connectivity index (χ0n) is 10.6. The lowest BCUT2D eigenvalue weighted by atomic mass is 10.3. The van der Waals surface area contributed by atoms with E-state index in [1.807, 2.05) is 0 Å². The van der Waals surface area contributed by atoms with E-state index in [0.29, 0.717) is 0 Å². The number of carbonyl (C=O) groups excluding carboxylic acids is 1. The third kappa shape index (κ3) is 3.75. The monoisotopic (exact) mass is 298 g/mol. The molecule has 106 valence electrons. The highest BCUT2D eigenvalue weighted by Gasteiger charge is 2.16. The van der Waals surface area contributed by atoms with E-state index < -0.39 is 10.8 Å². The first kappa shape index (κ1) is 15.6. The van der Waals surface area contributed by atoms with Crippen LogP contribution in [0.5, 0.6) is 0 Å². The van der Waals surface area contributed by atoms with Gasteiger partial charge in [-0.25, -0.2) is 0 Å². The minimum atomic E-state index is -0.671. The summed E-state index contributed by atoms with van der Waals surface area (Å²) in [5.74, 6) is -1.02. The van der Waals surface area contributed by atoms with E-state index in [2.05, 4.69) is 15.5 Å². The first-order valence-corrected chi connectivity index (χ1v) is 5.72. The number of nitro groups is 1. The molecule has 0 bridgehead atoms. The Hall–Kier alpha value is -2.48. The third-order valence-electron chi connectivity index (χ3n) is 2.18. The number of azo groups is 1. The van der Waals surface area contributed by atoms with Gasteiger partial charge in [0, 0.05) is 18.1 Å². The number of nitrogens with one attached hydrogen (secondary N) is 1. The molecule has 0 heterocycles. The molecule has 0 aliphatic heterocycles. The van der Waals surface area contributed by atoms with Crippen molar-refractivity contribution in [2.45, 2.75) is 6.92 Å². The van der Waals surface area contributed by atoms with Crippen LogP contribution in [0.25, 0.3) is 0 Å². The van der Waals surface area contributed by atoms with Gasteiger partial charge >= 0.3 is 0 Å². The van der Waals surface area contributed by atoms with Gasteiger partial charge in [-0.1, -0.05) is 11.6 Å². The van der Waals surface area contributed by atoms with Gasteiger partial charge in [0.2, 0.25) is 0 Å². The molecule has 9 heteroatoms. The van der Waals surface area contributed by atoms with Crippen molar-refractivity contribution in [3.8, 4) is 0 Å². The highest BCUT2D eigenvalue weighted by Crippen LogP contribution is 2.30. The van der Waals surface area contributed by atoms with Crippen molar-refractivity contribution in [1.82, 2.24) is 5.32 Å². The van der Waals surface area contributed by atoms with Gasteiger partial charge in [-0.2, -0.15) is 0 Å². The van der Waals surface area contributed by atoms with Crippen LogP contribution in [0.1, 0.15) is 6.92 Å². The number of amides is 1. The zero-order chi connectivity index (χ0) is 15.3. The van der Waals surface area contributed by atoms with Crippen molar-refractivity contribution >= 4 is 28.9 Å². The summed E-state index contributed by atoms with van der Waals surface area (Å²) in [6, 6.07) is 3.81. The average Bonchev–Trinajstić information content (AvgIpc) is 2.39. The quantitative estimate of drug-likeness (QED) is 0.292. The maximum Gasteiger partial charge on any atom is 0.298 e. The predicted octanol–water partition coefficient (Wildman–Crippen LogP) is 2.87. The lowest BCUT2D eigenvalue weighted by molar-refractivity contribution is -0.384. The molecule has 8 nitrogen and oxygen atoms in total. The normalized spacial score (nSPS) is 12.2. The Labute approximate surface area is 118 Å². The molecule has 0 aliphatic carbocycles. The maximum absolute atomic E-state index is 11.4. The second-order valence-electron chi connectivity index (χ2n) is 3.60. The number of hydrogen-bond donors (Lipinski definition) is 2. The Bertz CT molecular complexity index is 608. The highest BCUT2D eigenvalue weighted by atomic mass is 35.5. The standard InChI is InChI=1S/C11H11ClN4O4/c1-6(17)10(11(18)13-2)15-14-8-4-3-7(12)5-9(8)16(19)20/h3-5,17H,1-2H3,(H,13,18)/b10-6-,15-14?. The summed E-state index contributed by atoms with van der Waals surface area (Å²) >= 11 is 5.66. The molecule has 0 fully saturated rings. The first-order chi connectivity index (χ1) is 9.36. The molecule has 1 amide bonds. The number of carbonyl (C=O) groups is 1. The SMILES string of the molecule is CNC(=O)/C(N=Nc1ccc(Cl)cc1[N+](=O)[O-])=C(\C)O. The number of rotatable bonds is 4. The van der Waals surface area contributed by atoms with Gasteiger partial charge in [0.1, 0.15) is 5.76 Å². The van der Waals surface area contributed by atoms with Gasteiger partial charge in [-0.3, -0.25) is 14.9 Å². The Balaban J connectivity index is 3.22. The number of hydrogen-bond acceptors (Lipinski definition) is 6. The van der Waals surface area contributed by atoms with Crippen LogP contribution in [0.4, 0.5) is 11.4 Å². The van der Waals surface area contributed by atoms with Gasteiger partial charge < -0.3 is 10.4 Å². The second kappa shape index (κ2) is 6.62. The molecule has 1 aromatic carbocycles. The molecule has 0 saturated heterocycles. The number of halogens is 1. The Morgan fingerprint density at radius 2 is 2.15 bits per heavy atom. The summed E-state index contributed by atoms with van der Waals surface area (Å²) in [4.78, 5) is 21.6. The molecule has 0 spiro atoms. The topological polar surface area (TPSA) is 117 Å². The van der Waals surface area contributed by atoms with E-state index >= 15 is 0 Å². The molecular weight excluding hydrogens is 288 g/mol. The van der Waals surface area contributed by atoms with Gasteiger partial charge in [0.05, 0.1) is 4.92 Å². The van der Waals surface area contributed by atoms with Crippen LogP contribution in [0.2, 0.25) is 5.02 Å². The van der Waals surface area contributed by atoms with Crippen molar-refractivity contribution in [3.05, 3.63) is 44.8 Å². The summed E-state index contributed by atoms with van der Waals surface area (Å²) < 4.78 is 0. The third-order valence-corrected chi connectivity index (χ3v) is 2.41. The fourth-order valence-corrected chi connectivity index (χ4v) is 1.40. The second-order valence-corrected chi connectivity index (χ2v) is 4.04. The summed E-state index contributed by atoms with van der Waals surface area (Å²) in [7, 11) is 1.35. The molecule has 1 aromatic rings. The van der Waals surface area contributed by atoms with Crippen molar-refractivity contribution in [2.75, 3.05) is 7.05 Å². The number of nitrogens with zero attached hydrogens (tertiary/aromatic N) is 3. The van der Waals surface area contributed by atoms with Crippen LogP contribution >= 0.6 is 11.6 Å². The van der Waals surface area contributed by atoms with Crippen LogP contribution in [0.15, 0.2) is 39.9 Å². The Morgan fingerprint density at radius 3 is 2.65 bits per heavy atom. The Morgan fingerprint density at radius 1 is 1.50 bits per heavy atom. The van der Waals surface area contributed by atoms with E-state index in [0.717, 1.165) is 6.07 Å². The number of nitro benzene ring substituents is 1. The van der Waals surface area contributed by atoms with Crippen molar-refractivity contribution in [3.63, 3.8) is 0 Å². The minimum absolute atomic E-state index is 0.0814. The van der Waals surface area contributed by atoms with E-state index in [4.69, 9.17) is 11.6 Å². The molecule has 20 heavy (non-hydrogen) atoms. The molecule has 0 unspecified atom stereocenters. The van der Waals surface area contributed by atoms with E-state index in [9.17, 15) is 20.0 Å². The molecular formula is C11H11ClN4O4. The summed E-state index contributed by atoms with van der Waals surface area (Å²) in [6.45, 7) is 1.25. The van der Waals surface area contributed by atoms with Crippen LogP contribution in [0, 0.1) is 10.1 Å². The van der Waals surface area contributed by atoms with Gasteiger partial charge in [0.15, 0.2) is 11.4 Å². The summed E-state index contributed by atoms with van der Waals surface area (Å²) in [6.07, 6.45) is 0. The molecule has 0 radical (unpaired) electrons. The van der Waals surface area contributed by atoms with E-state index in [-0.39, 0.29) is 27.9 Å². The van der Waals surface area contributed by atoms with Gasteiger partial charge in [-0.05, 0) is 19.1 Å². The predicted molar refractivity (Wildman–Crippen MR) is 72.0 cm³/mol. The lowest BCUT2D eigenvalue weighted by Gasteiger charge is -2.01. The molecule has 1 rings (SSSR count). The molecule has 0 atom stereocenters. The number of aliphatic hydroxyl groups is 1. The maximum atomic E-state index is 11.4. The molecule has 0 aromatic heterocycles. The fourth-order valence-electron chi connectivity index (χ4n) is 1.23. The summed E-state index contributed by atoms with van der Waals surface area (Å²) in [5.41, 5.74) is -0.771. The average molecular weight is 299 g/mol. The number of allylic oxidation sites excluding steroid dienone is 1. The number of aliphatic hydroxyl groups excluding tert-OH is 1. The number of benzene rings is 1. The fraction of sp³-hybridized carbons (Fsp3) is 0.182. The molecule has 0 saturated carbocycles. The lowest BCUT2D eigenvalue weighted by Crippen LogP contribution is -2.20. The summed E-state index contributed by atoms with van der Waals surface area (Å²) in [5, 5.41) is 29.7. The van der Waals surface area contributed by atoms with Crippen LogP contribution < -0.4 is 5.32 Å². The van der Waals surface area contributed by atoms with Crippen molar-refractivity contribution < 1.29 is 14.8 Å². The van der Waals surface area contributed by atoms with Gasteiger partial charge in [0.25, 0.3) is 11.6 Å². The number of likely N-dealkylation sites (N-methyl/N-ethyl adjacent to an activating group) is 1. The van der Waals surface area contributed by atoms with Crippen LogP contribution in [0.3, 0.4) is 0 Å². The Kier molecular flexibility index (Phi) is 5.15. The smallest absolute Gasteiger partial charge is 0.298 e. The van der Waals surface area contributed by atoms with Crippen LogP contribution in [-0.2, 0) is 4.79 Å². The molecule has 2 N–H and O–H groups in total. The van der Waals surface area contributed by atoms with E-state index in [1.54, 1.807) is 0 Å².